The molecule has 26 heavy (non-hydrogen) atoms. The quantitative estimate of drug-likeness (QED) is 0.249. The van der Waals surface area contributed by atoms with Crippen molar-refractivity contribution in [2.24, 2.45) is 10.2 Å². The van der Waals surface area contributed by atoms with Crippen molar-refractivity contribution in [3.8, 4) is 0 Å². The van der Waals surface area contributed by atoms with Gasteiger partial charge in [0.15, 0.2) is 0 Å². The molecule has 0 bridgehead atoms. The Morgan fingerprint density at radius 3 is 1.62 bits per heavy atom. The molecule has 0 aliphatic rings. The van der Waals surface area contributed by atoms with E-state index in [4.69, 9.17) is 11.1 Å². The van der Waals surface area contributed by atoms with Gasteiger partial charge in [-0.1, -0.05) is 46.6 Å². The summed E-state index contributed by atoms with van der Waals surface area (Å²) in [7, 11) is 0. The van der Waals surface area contributed by atoms with Gasteiger partial charge in [-0.3, -0.25) is 0 Å². The standard InChI is InChI=1S/C18H22N8/c19-25-23-17-7-3-5-15(11-17)13-21-9-1-2-10-22-14-16-6-4-8-18(12-16)24-26-20/h3-8,11-12,21-22H,1-2,9-10,13-14H2. The first-order chi connectivity index (χ1) is 12.8. The Morgan fingerprint density at radius 2 is 1.19 bits per heavy atom. The zero-order valence-electron chi connectivity index (χ0n) is 14.5. The fraction of sp³-hybridized carbons (Fsp3) is 0.333. The maximum Gasteiger partial charge on any atom is 0.0378 e. The van der Waals surface area contributed by atoms with Crippen LogP contribution in [-0.2, 0) is 13.1 Å². The predicted molar refractivity (Wildman–Crippen MR) is 103 cm³/mol. The predicted octanol–water partition coefficient (Wildman–Crippen LogP) is 5.23. The molecule has 0 amide bonds. The van der Waals surface area contributed by atoms with Crippen LogP contribution in [0.4, 0.5) is 11.4 Å². The number of hydrogen-bond donors (Lipinski definition) is 2. The first-order valence-corrected chi connectivity index (χ1v) is 8.51. The van der Waals surface area contributed by atoms with Gasteiger partial charge in [-0.15, -0.1) is 0 Å². The summed E-state index contributed by atoms with van der Waals surface area (Å²) in [5, 5.41) is 14.0. The van der Waals surface area contributed by atoms with Crippen molar-refractivity contribution in [3.63, 3.8) is 0 Å². The molecular formula is C18H22N8. The molecule has 0 fully saturated rings. The van der Waals surface area contributed by atoms with Gasteiger partial charge in [0, 0.05) is 34.3 Å². The van der Waals surface area contributed by atoms with Crippen molar-refractivity contribution >= 4 is 11.4 Å². The van der Waals surface area contributed by atoms with E-state index < -0.39 is 0 Å². The summed E-state index contributed by atoms with van der Waals surface area (Å²) in [6.07, 6.45) is 2.14. The second-order valence-electron chi connectivity index (χ2n) is 5.78. The summed E-state index contributed by atoms with van der Waals surface area (Å²) >= 11 is 0. The van der Waals surface area contributed by atoms with Crippen LogP contribution in [0.2, 0.25) is 0 Å². The number of hydrogen-bond acceptors (Lipinski definition) is 4. The van der Waals surface area contributed by atoms with E-state index in [0.29, 0.717) is 11.4 Å². The van der Waals surface area contributed by atoms with E-state index in [1.54, 1.807) is 12.1 Å². The van der Waals surface area contributed by atoms with Crippen molar-refractivity contribution in [3.05, 3.63) is 80.5 Å². The fourth-order valence-electron chi connectivity index (χ4n) is 2.53. The van der Waals surface area contributed by atoms with E-state index in [9.17, 15) is 0 Å². The number of azide groups is 2. The van der Waals surface area contributed by atoms with E-state index in [1.165, 1.54) is 0 Å². The second kappa shape index (κ2) is 11.5. The van der Waals surface area contributed by atoms with E-state index in [-0.39, 0.29) is 0 Å². The lowest BCUT2D eigenvalue weighted by atomic mass is 10.2. The minimum atomic E-state index is 0.639. The Balaban J connectivity index is 1.57. The average molecular weight is 350 g/mol. The highest BCUT2D eigenvalue weighted by Gasteiger charge is 1.96. The molecule has 2 rings (SSSR count). The third kappa shape index (κ3) is 7.25. The van der Waals surface area contributed by atoms with Gasteiger partial charge in [0.25, 0.3) is 0 Å². The summed E-state index contributed by atoms with van der Waals surface area (Å²) in [6, 6.07) is 15.2. The van der Waals surface area contributed by atoms with Gasteiger partial charge in [-0.25, -0.2) is 0 Å². The third-order valence-electron chi connectivity index (χ3n) is 3.76. The maximum absolute atomic E-state index is 8.46. The highest BCUT2D eigenvalue weighted by atomic mass is 15.1. The largest absolute Gasteiger partial charge is 0.313 e. The Morgan fingerprint density at radius 1 is 0.731 bits per heavy atom. The molecule has 0 radical (unpaired) electrons. The van der Waals surface area contributed by atoms with Crippen LogP contribution in [0.5, 0.6) is 0 Å². The minimum absolute atomic E-state index is 0.639. The normalized spacial score (nSPS) is 10.0. The van der Waals surface area contributed by atoms with Crippen molar-refractivity contribution in [1.29, 1.82) is 0 Å². The maximum atomic E-state index is 8.46. The molecule has 0 atom stereocenters. The lowest BCUT2D eigenvalue weighted by Crippen LogP contribution is -2.18. The van der Waals surface area contributed by atoms with Gasteiger partial charge < -0.3 is 10.6 Å². The second-order valence-corrected chi connectivity index (χ2v) is 5.78. The fourth-order valence-corrected chi connectivity index (χ4v) is 2.53. The monoisotopic (exact) mass is 350 g/mol. The van der Waals surface area contributed by atoms with Gasteiger partial charge in [-0.05, 0) is 60.3 Å². The molecule has 0 spiro atoms. The van der Waals surface area contributed by atoms with Crippen LogP contribution in [0.25, 0.3) is 20.9 Å². The Hall–Kier alpha value is -3.02. The van der Waals surface area contributed by atoms with Crippen molar-refractivity contribution in [2.75, 3.05) is 13.1 Å². The summed E-state index contributed by atoms with van der Waals surface area (Å²) in [6.45, 7) is 3.38. The van der Waals surface area contributed by atoms with Crippen LogP contribution in [0.3, 0.4) is 0 Å². The number of benzene rings is 2. The van der Waals surface area contributed by atoms with Crippen molar-refractivity contribution in [1.82, 2.24) is 10.6 Å². The van der Waals surface area contributed by atoms with Crippen LogP contribution in [0.15, 0.2) is 58.8 Å². The number of unbranched alkanes of at least 4 members (excludes halogenated alkanes) is 1. The highest BCUT2D eigenvalue weighted by Crippen LogP contribution is 2.14. The lowest BCUT2D eigenvalue weighted by molar-refractivity contribution is 0.582. The number of nitrogens with one attached hydrogen (secondary N) is 2. The van der Waals surface area contributed by atoms with Crippen LogP contribution >= 0.6 is 0 Å². The SMILES string of the molecule is [N-]=[N+]=Nc1cccc(CNCCCCNCc2cccc(N=[N+]=[N-])c2)c1. The van der Waals surface area contributed by atoms with Crippen molar-refractivity contribution < 1.29 is 0 Å². The molecular weight excluding hydrogens is 328 g/mol. The number of rotatable bonds is 11. The van der Waals surface area contributed by atoms with E-state index in [0.717, 1.165) is 50.1 Å². The van der Waals surface area contributed by atoms with Gasteiger partial charge in [0.05, 0.1) is 0 Å². The molecule has 2 aromatic rings. The molecule has 8 nitrogen and oxygen atoms in total. The van der Waals surface area contributed by atoms with Gasteiger partial charge >= 0.3 is 0 Å². The minimum Gasteiger partial charge on any atom is -0.313 e. The van der Waals surface area contributed by atoms with E-state index in [1.807, 2.05) is 36.4 Å². The van der Waals surface area contributed by atoms with Crippen LogP contribution in [0, 0.1) is 0 Å². The highest BCUT2D eigenvalue weighted by molar-refractivity contribution is 5.40. The van der Waals surface area contributed by atoms with Crippen molar-refractivity contribution in [2.45, 2.75) is 25.9 Å². The first-order valence-electron chi connectivity index (χ1n) is 8.51. The number of nitrogens with zero attached hydrogens (tertiary/aromatic N) is 6. The van der Waals surface area contributed by atoms with E-state index >= 15 is 0 Å². The molecule has 0 aromatic heterocycles. The third-order valence-corrected chi connectivity index (χ3v) is 3.76. The summed E-state index contributed by atoms with van der Waals surface area (Å²) in [5.74, 6) is 0. The molecule has 0 unspecified atom stereocenters. The molecule has 0 saturated heterocycles. The Kier molecular flexibility index (Phi) is 8.55. The molecule has 0 saturated carbocycles. The summed E-state index contributed by atoms with van der Waals surface area (Å²) < 4.78 is 0. The lowest BCUT2D eigenvalue weighted by Gasteiger charge is -2.07. The first kappa shape index (κ1) is 19.3. The van der Waals surface area contributed by atoms with Gasteiger partial charge in [0.2, 0.25) is 0 Å². The van der Waals surface area contributed by atoms with Gasteiger partial charge in [-0.2, -0.15) is 0 Å². The van der Waals surface area contributed by atoms with Crippen LogP contribution in [0.1, 0.15) is 24.0 Å². The summed E-state index contributed by atoms with van der Waals surface area (Å²) in [5.41, 5.74) is 20.4. The Labute approximate surface area is 152 Å². The van der Waals surface area contributed by atoms with Crippen LogP contribution < -0.4 is 10.6 Å². The molecule has 2 N–H and O–H groups in total. The molecule has 2 aromatic carbocycles. The molecule has 0 aliphatic carbocycles. The van der Waals surface area contributed by atoms with Gasteiger partial charge in [0.1, 0.15) is 0 Å². The Bertz CT molecular complexity index is 724. The smallest absolute Gasteiger partial charge is 0.0378 e. The molecule has 134 valence electrons. The molecule has 0 heterocycles. The zero-order chi connectivity index (χ0) is 18.5. The topological polar surface area (TPSA) is 122 Å². The van der Waals surface area contributed by atoms with Crippen LogP contribution in [-0.4, -0.2) is 13.1 Å². The zero-order valence-corrected chi connectivity index (χ0v) is 14.5. The van der Waals surface area contributed by atoms with E-state index in [2.05, 4.69) is 30.7 Å². The average Bonchev–Trinajstić information content (AvgIpc) is 2.65. The molecule has 8 heteroatoms. The summed E-state index contributed by atoms with van der Waals surface area (Å²) in [4.78, 5) is 5.60. The molecule has 0 aliphatic heterocycles.